The van der Waals surface area contributed by atoms with Crippen LogP contribution in [0.4, 0.5) is 10.5 Å². The molecule has 0 aliphatic carbocycles. The van der Waals surface area contributed by atoms with E-state index in [1.54, 1.807) is 18.0 Å². The summed E-state index contributed by atoms with van der Waals surface area (Å²) in [6, 6.07) is 5.60. The fourth-order valence-electron chi connectivity index (χ4n) is 2.17. The largest absolute Gasteiger partial charge is 0.370 e. The molecule has 108 valence electrons. The van der Waals surface area contributed by atoms with Crippen molar-refractivity contribution in [3.63, 3.8) is 0 Å². The van der Waals surface area contributed by atoms with Gasteiger partial charge < -0.3 is 5.73 Å². The molecule has 20 heavy (non-hydrogen) atoms. The van der Waals surface area contributed by atoms with E-state index in [4.69, 9.17) is 11.1 Å². The SMILES string of the molecule is C=CCN(C(=N)N)C(=O)N(C)c1c(C)cccc1CC. The van der Waals surface area contributed by atoms with E-state index in [0.717, 1.165) is 23.2 Å². The number of aryl methyl sites for hydroxylation is 2. The molecule has 5 heteroatoms. The van der Waals surface area contributed by atoms with Gasteiger partial charge in [-0.2, -0.15) is 0 Å². The van der Waals surface area contributed by atoms with Gasteiger partial charge in [-0.05, 0) is 24.5 Å². The van der Waals surface area contributed by atoms with Crippen LogP contribution in [-0.2, 0) is 6.42 Å². The molecule has 0 bridgehead atoms. The maximum absolute atomic E-state index is 12.5. The van der Waals surface area contributed by atoms with E-state index in [9.17, 15) is 4.79 Å². The van der Waals surface area contributed by atoms with E-state index in [1.165, 1.54) is 4.90 Å². The van der Waals surface area contributed by atoms with Gasteiger partial charge in [0, 0.05) is 13.6 Å². The van der Waals surface area contributed by atoms with Crippen LogP contribution in [0, 0.1) is 12.3 Å². The van der Waals surface area contributed by atoms with Crippen LogP contribution >= 0.6 is 0 Å². The minimum atomic E-state index is -0.332. The highest BCUT2D eigenvalue weighted by atomic mass is 16.2. The molecule has 3 N–H and O–H groups in total. The van der Waals surface area contributed by atoms with Crippen LogP contribution in [0.3, 0.4) is 0 Å². The fraction of sp³-hybridized carbons (Fsp3) is 0.333. The molecule has 0 heterocycles. The summed E-state index contributed by atoms with van der Waals surface area (Å²) in [5.74, 6) is -0.284. The van der Waals surface area contributed by atoms with E-state index >= 15 is 0 Å². The third-order valence-corrected chi connectivity index (χ3v) is 3.16. The van der Waals surface area contributed by atoms with Crippen LogP contribution in [0.2, 0.25) is 0 Å². The van der Waals surface area contributed by atoms with Crippen molar-refractivity contribution >= 4 is 17.7 Å². The van der Waals surface area contributed by atoms with Crippen LogP contribution < -0.4 is 10.6 Å². The quantitative estimate of drug-likeness (QED) is 0.503. The fourth-order valence-corrected chi connectivity index (χ4v) is 2.17. The van der Waals surface area contributed by atoms with Crippen molar-refractivity contribution in [1.82, 2.24) is 4.90 Å². The number of guanidine groups is 1. The summed E-state index contributed by atoms with van der Waals surface area (Å²) in [6.45, 7) is 7.81. The van der Waals surface area contributed by atoms with Crippen LogP contribution in [0.25, 0.3) is 0 Å². The van der Waals surface area contributed by atoms with Gasteiger partial charge in [-0.3, -0.25) is 15.2 Å². The first-order chi connectivity index (χ1) is 9.43. The number of urea groups is 1. The number of benzene rings is 1. The highest BCUT2D eigenvalue weighted by Crippen LogP contribution is 2.25. The molecular formula is C15H22N4O. The van der Waals surface area contributed by atoms with Crippen molar-refractivity contribution in [3.8, 4) is 0 Å². The average Bonchev–Trinajstić information content (AvgIpc) is 2.42. The van der Waals surface area contributed by atoms with Gasteiger partial charge in [0.2, 0.25) is 0 Å². The topological polar surface area (TPSA) is 73.4 Å². The number of amides is 2. The van der Waals surface area contributed by atoms with E-state index in [-0.39, 0.29) is 18.5 Å². The number of hydrogen-bond donors (Lipinski definition) is 2. The maximum atomic E-state index is 12.5. The normalized spacial score (nSPS) is 9.95. The van der Waals surface area contributed by atoms with Crippen LogP contribution in [-0.4, -0.2) is 30.5 Å². The van der Waals surface area contributed by atoms with Crippen LogP contribution in [0.1, 0.15) is 18.1 Å². The Morgan fingerprint density at radius 1 is 1.50 bits per heavy atom. The van der Waals surface area contributed by atoms with Gasteiger partial charge in [-0.1, -0.05) is 31.2 Å². The molecule has 0 aliphatic rings. The third kappa shape index (κ3) is 3.17. The lowest BCUT2D eigenvalue weighted by Crippen LogP contribution is -2.48. The van der Waals surface area contributed by atoms with Crippen molar-refractivity contribution in [3.05, 3.63) is 42.0 Å². The van der Waals surface area contributed by atoms with Crippen molar-refractivity contribution in [1.29, 1.82) is 5.41 Å². The van der Waals surface area contributed by atoms with Crippen LogP contribution in [0.15, 0.2) is 30.9 Å². The Morgan fingerprint density at radius 3 is 2.65 bits per heavy atom. The molecule has 0 radical (unpaired) electrons. The summed E-state index contributed by atoms with van der Waals surface area (Å²) in [5.41, 5.74) is 8.43. The lowest BCUT2D eigenvalue weighted by Gasteiger charge is -2.28. The molecule has 1 aromatic carbocycles. The number of hydrogen-bond acceptors (Lipinski definition) is 2. The third-order valence-electron chi connectivity index (χ3n) is 3.16. The zero-order chi connectivity index (χ0) is 15.3. The van der Waals surface area contributed by atoms with Gasteiger partial charge in [-0.15, -0.1) is 6.58 Å². The van der Waals surface area contributed by atoms with Gasteiger partial charge >= 0.3 is 6.03 Å². The van der Waals surface area contributed by atoms with Gasteiger partial charge in [0.15, 0.2) is 5.96 Å². The Kier molecular flexibility index (Phi) is 5.32. The number of rotatable bonds is 4. The number of nitrogens with zero attached hydrogens (tertiary/aromatic N) is 2. The zero-order valence-electron chi connectivity index (χ0n) is 12.3. The number of nitrogens with two attached hydrogens (primary N) is 1. The highest BCUT2D eigenvalue weighted by Gasteiger charge is 2.22. The molecule has 0 saturated heterocycles. The highest BCUT2D eigenvalue weighted by molar-refractivity contribution is 6.03. The van der Waals surface area contributed by atoms with E-state index in [1.807, 2.05) is 32.0 Å². The average molecular weight is 274 g/mol. The van der Waals surface area contributed by atoms with Gasteiger partial charge in [0.25, 0.3) is 0 Å². The number of anilines is 1. The predicted octanol–water partition coefficient (Wildman–Crippen LogP) is 2.50. The van der Waals surface area contributed by atoms with E-state index in [0.29, 0.717) is 0 Å². The summed E-state index contributed by atoms with van der Waals surface area (Å²) in [7, 11) is 1.70. The summed E-state index contributed by atoms with van der Waals surface area (Å²) in [5, 5.41) is 7.50. The number of carbonyl (C=O) groups excluding carboxylic acids is 1. The molecule has 1 rings (SSSR count). The standard InChI is InChI=1S/C15H22N4O/c1-5-10-19(14(16)17)15(20)18(4)13-11(3)8-7-9-12(13)6-2/h5,7-9H,1,6,10H2,2-4H3,(H3,16,17). The molecule has 5 nitrogen and oxygen atoms in total. The zero-order valence-corrected chi connectivity index (χ0v) is 12.3. The molecule has 0 fully saturated rings. The summed E-state index contributed by atoms with van der Waals surface area (Å²) < 4.78 is 0. The minimum Gasteiger partial charge on any atom is -0.370 e. The Balaban J connectivity index is 3.17. The Hall–Kier alpha value is -2.30. The van der Waals surface area contributed by atoms with Crippen molar-refractivity contribution in [2.24, 2.45) is 5.73 Å². The lowest BCUT2D eigenvalue weighted by atomic mass is 10.1. The Labute approximate surface area is 120 Å². The first-order valence-corrected chi connectivity index (χ1v) is 6.52. The first-order valence-electron chi connectivity index (χ1n) is 6.52. The first kappa shape index (κ1) is 15.8. The predicted molar refractivity (Wildman–Crippen MR) is 83.2 cm³/mol. The summed E-state index contributed by atoms with van der Waals surface area (Å²) in [4.78, 5) is 15.2. The lowest BCUT2D eigenvalue weighted by molar-refractivity contribution is 0.230. The molecule has 0 spiro atoms. The summed E-state index contributed by atoms with van der Waals surface area (Å²) >= 11 is 0. The van der Waals surface area contributed by atoms with Crippen LogP contribution in [0.5, 0.6) is 0 Å². The van der Waals surface area contributed by atoms with Crippen molar-refractivity contribution in [2.45, 2.75) is 20.3 Å². The molecule has 0 atom stereocenters. The second-order valence-corrected chi connectivity index (χ2v) is 4.56. The number of para-hydroxylation sites is 1. The van der Waals surface area contributed by atoms with E-state index < -0.39 is 0 Å². The van der Waals surface area contributed by atoms with E-state index in [2.05, 4.69) is 6.58 Å². The second kappa shape index (κ2) is 6.75. The molecule has 0 aliphatic heterocycles. The molecule has 0 aromatic heterocycles. The second-order valence-electron chi connectivity index (χ2n) is 4.56. The molecule has 0 saturated carbocycles. The van der Waals surface area contributed by atoms with Gasteiger partial charge in [0.05, 0.1) is 5.69 Å². The smallest absolute Gasteiger partial charge is 0.331 e. The van der Waals surface area contributed by atoms with Gasteiger partial charge in [-0.25, -0.2) is 4.79 Å². The Morgan fingerprint density at radius 2 is 2.15 bits per heavy atom. The summed E-state index contributed by atoms with van der Waals surface area (Å²) in [6.07, 6.45) is 2.38. The molecule has 2 amide bonds. The molecule has 0 unspecified atom stereocenters. The number of nitrogens with one attached hydrogen (secondary N) is 1. The monoisotopic (exact) mass is 274 g/mol. The van der Waals surface area contributed by atoms with Crippen molar-refractivity contribution < 1.29 is 4.79 Å². The van der Waals surface area contributed by atoms with Gasteiger partial charge in [0.1, 0.15) is 0 Å². The molecule has 1 aromatic rings. The minimum absolute atomic E-state index is 0.214. The van der Waals surface area contributed by atoms with Crippen molar-refractivity contribution in [2.75, 3.05) is 18.5 Å². The maximum Gasteiger partial charge on any atom is 0.331 e. The molecular weight excluding hydrogens is 252 g/mol. The Bertz CT molecular complexity index is 525. The number of carbonyl (C=O) groups is 1.